The molecule has 2 aromatic carbocycles. The summed E-state index contributed by atoms with van der Waals surface area (Å²) in [6.45, 7) is 4.34. The third-order valence-electron chi connectivity index (χ3n) is 5.37. The van der Waals surface area contributed by atoms with Gasteiger partial charge < -0.3 is 9.53 Å². The summed E-state index contributed by atoms with van der Waals surface area (Å²) in [4.78, 5) is 23.8. The maximum atomic E-state index is 12.5. The topological polar surface area (TPSA) is 74.1 Å². The summed E-state index contributed by atoms with van der Waals surface area (Å²) < 4.78 is 7.85. The maximum Gasteiger partial charge on any atom is 0.306 e. The number of hydrogen-bond donors (Lipinski definition) is 0. The zero-order valence-electron chi connectivity index (χ0n) is 17.3. The van der Waals surface area contributed by atoms with Crippen molar-refractivity contribution < 1.29 is 14.3 Å². The van der Waals surface area contributed by atoms with E-state index in [4.69, 9.17) is 4.74 Å². The molecule has 3 aromatic rings. The Labute approximate surface area is 175 Å². The number of rotatable bonds is 6. The number of fused-ring (bicyclic) bond motifs is 5. The molecule has 0 radical (unpaired) electrons. The molecule has 6 nitrogen and oxygen atoms in total. The molecule has 0 fully saturated rings. The molecule has 1 heterocycles. The molecule has 30 heavy (non-hydrogen) atoms. The minimum atomic E-state index is -0.445. The van der Waals surface area contributed by atoms with Gasteiger partial charge in [0.2, 0.25) is 0 Å². The first-order valence-corrected chi connectivity index (χ1v) is 10.4. The van der Waals surface area contributed by atoms with E-state index >= 15 is 0 Å². The summed E-state index contributed by atoms with van der Waals surface area (Å²) in [6.07, 6.45) is 1.32. The summed E-state index contributed by atoms with van der Waals surface area (Å²) in [5.74, 6) is -0.377. The van der Waals surface area contributed by atoms with Crippen molar-refractivity contribution in [2.45, 2.75) is 52.2 Å². The van der Waals surface area contributed by atoms with Crippen LogP contribution < -0.4 is 0 Å². The van der Waals surface area contributed by atoms with Gasteiger partial charge >= 0.3 is 5.97 Å². The number of benzene rings is 2. The number of aryl methyl sites for hydroxylation is 1. The fourth-order valence-corrected chi connectivity index (χ4v) is 3.96. The predicted octanol–water partition coefficient (Wildman–Crippen LogP) is 4.53. The molecule has 1 aliphatic rings. The van der Waals surface area contributed by atoms with Crippen molar-refractivity contribution in [1.82, 2.24) is 15.0 Å². The molecule has 1 aliphatic carbocycles. The highest BCUT2D eigenvalue weighted by atomic mass is 16.5. The summed E-state index contributed by atoms with van der Waals surface area (Å²) in [6, 6.07) is 16.0. The van der Waals surface area contributed by atoms with Gasteiger partial charge in [0.05, 0.1) is 12.1 Å². The van der Waals surface area contributed by atoms with Crippen LogP contribution in [-0.4, -0.2) is 26.7 Å². The highest BCUT2D eigenvalue weighted by Crippen LogP contribution is 2.41. The number of ether oxygens (including phenoxy) is 1. The lowest BCUT2D eigenvalue weighted by Crippen LogP contribution is -2.17. The Morgan fingerprint density at radius 2 is 1.80 bits per heavy atom. The van der Waals surface area contributed by atoms with E-state index in [9.17, 15) is 9.59 Å². The molecule has 0 spiro atoms. The second kappa shape index (κ2) is 8.61. The zero-order valence-corrected chi connectivity index (χ0v) is 17.3. The van der Waals surface area contributed by atoms with Gasteiger partial charge in [-0.3, -0.25) is 4.79 Å². The third-order valence-corrected chi connectivity index (χ3v) is 5.37. The van der Waals surface area contributed by atoms with Crippen LogP contribution in [0.3, 0.4) is 0 Å². The Balaban J connectivity index is 1.84. The number of hydrogen-bond acceptors (Lipinski definition) is 5. The average Bonchev–Trinajstić information content (AvgIpc) is 3.14. The summed E-state index contributed by atoms with van der Waals surface area (Å²) in [5, 5.41) is 8.94. The first-order chi connectivity index (χ1) is 14.6. The predicted molar refractivity (Wildman–Crippen MR) is 114 cm³/mol. The zero-order chi connectivity index (χ0) is 21.1. The molecule has 1 atom stereocenters. The second-order valence-electron chi connectivity index (χ2n) is 7.64. The fourth-order valence-electron chi connectivity index (χ4n) is 3.96. The molecular formula is C24H25N3O3. The van der Waals surface area contributed by atoms with Crippen molar-refractivity contribution in [3.8, 4) is 22.5 Å². The number of carbonyl (C=O) groups is 2. The summed E-state index contributed by atoms with van der Waals surface area (Å²) in [7, 11) is 0. The third kappa shape index (κ3) is 3.90. The van der Waals surface area contributed by atoms with Gasteiger partial charge in [-0.1, -0.05) is 60.7 Å². The quantitative estimate of drug-likeness (QED) is 0.565. The molecule has 0 aliphatic heterocycles. The first kappa shape index (κ1) is 20.0. The number of carbonyl (C=O) groups excluding carboxylic acids is 2. The molecule has 0 bridgehead atoms. The van der Waals surface area contributed by atoms with E-state index in [1.165, 1.54) is 6.92 Å². The molecule has 154 valence electrons. The molecule has 0 amide bonds. The average molecular weight is 403 g/mol. The van der Waals surface area contributed by atoms with E-state index in [0.29, 0.717) is 6.42 Å². The number of aromatic nitrogens is 3. The van der Waals surface area contributed by atoms with Gasteiger partial charge in [0.1, 0.15) is 17.6 Å². The van der Waals surface area contributed by atoms with Crippen LogP contribution in [0.15, 0.2) is 48.5 Å². The standard InChI is InChI=1S/C24H25N3O3/c1-3-14-27-24-20-11-7-6-10-19(20)21(30-22(29)13-12-16(2)28)15-17-8-4-5-9-18(17)23(24)25-26-27/h4-11,21H,3,12-15H2,1-2H3. The number of Topliss-reactive ketones (excluding diaryl/α,β-unsaturated/α-hetero) is 1. The van der Waals surface area contributed by atoms with Crippen LogP contribution in [0.25, 0.3) is 22.5 Å². The van der Waals surface area contributed by atoms with E-state index in [1.54, 1.807) is 0 Å². The van der Waals surface area contributed by atoms with Crippen molar-refractivity contribution in [3.05, 3.63) is 59.7 Å². The van der Waals surface area contributed by atoms with Crippen molar-refractivity contribution >= 4 is 11.8 Å². The second-order valence-corrected chi connectivity index (χ2v) is 7.64. The molecule has 0 saturated carbocycles. The van der Waals surface area contributed by atoms with Crippen LogP contribution in [0.4, 0.5) is 0 Å². The van der Waals surface area contributed by atoms with Crippen molar-refractivity contribution in [1.29, 1.82) is 0 Å². The Morgan fingerprint density at radius 1 is 1.07 bits per heavy atom. The lowest BCUT2D eigenvalue weighted by Gasteiger charge is -2.25. The highest BCUT2D eigenvalue weighted by Gasteiger charge is 2.29. The van der Waals surface area contributed by atoms with Crippen molar-refractivity contribution in [2.24, 2.45) is 0 Å². The van der Waals surface area contributed by atoms with Gasteiger partial charge in [0, 0.05) is 36.1 Å². The summed E-state index contributed by atoms with van der Waals surface area (Å²) in [5.41, 5.74) is 5.78. The van der Waals surface area contributed by atoms with E-state index in [0.717, 1.165) is 46.6 Å². The van der Waals surface area contributed by atoms with Gasteiger partial charge in [-0.25, -0.2) is 4.68 Å². The van der Waals surface area contributed by atoms with Gasteiger partial charge in [0.25, 0.3) is 0 Å². The normalized spacial score (nSPS) is 14.7. The monoisotopic (exact) mass is 403 g/mol. The van der Waals surface area contributed by atoms with Crippen LogP contribution in [0.1, 0.15) is 50.3 Å². The van der Waals surface area contributed by atoms with Crippen LogP contribution in [0.5, 0.6) is 0 Å². The molecule has 4 rings (SSSR count). The van der Waals surface area contributed by atoms with E-state index < -0.39 is 6.10 Å². The number of esters is 1. The minimum absolute atomic E-state index is 0.0189. The molecular weight excluding hydrogens is 378 g/mol. The van der Waals surface area contributed by atoms with Crippen LogP contribution in [0.2, 0.25) is 0 Å². The summed E-state index contributed by atoms with van der Waals surface area (Å²) >= 11 is 0. The van der Waals surface area contributed by atoms with E-state index in [1.807, 2.05) is 53.2 Å². The lowest BCUT2D eigenvalue weighted by molar-refractivity contribution is -0.150. The Morgan fingerprint density at radius 3 is 2.57 bits per heavy atom. The minimum Gasteiger partial charge on any atom is -0.457 e. The van der Waals surface area contributed by atoms with Gasteiger partial charge in [-0.15, -0.1) is 5.10 Å². The fraction of sp³-hybridized carbons (Fsp3) is 0.333. The van der Waals surface area contributed by atoms with Crippen molar-refractivity contribution in [3.63, 3.8) is 0 Å². The first-order valence-electron chi connectivity index (χ1n) is 10.4. The molecule has 1 unspecified atom stereocenters. The van der Waals surface area contributed by atoms with E-state index in [2.05, 4.69) is 17.2 Å². The Bertz CT molecular complexity index is 1090. The largest absolute Gasteiger partial charge is 0.457 e. The molecule has 0 N–H and O–H groups in total. The molecule has 1 aromatic heterocycles. The molecule has 6 heteroatoms. The van der Waals surface area contributed by atoms with E-state index in [-0.39, 0.29) is 24.6 Å². The number of ketones is 1. The Hall–Kier alpha value is -3.28. The molecule has 0 saturated heterocycles. The van der Waals surface area contributed by atoms with Crippen LogP contribution in [-0.2, 0) is 27.3 Å². The lowest BCUT2D eigenvalue weighted by atomic mass is 9.87. The smallest absolute Gasteiger partial charge is 0.306 e. The van der Waals surface area contributed by atoms with Crippen molar-refractivity contribution in [2.75, 3.05) is 0 Å². The SMILES string of the molecule is CCCn1nnc2c1-c1ccccc1C(OC(=O)CCC(C)=O)Cc1ccccc1-2. The highest BCUT2D eigenvalue weighted by molar-refractivity contribution is 5.83. The van der Waals surface area contributed by atoms with Gasteiger partial charge in [0.15, 0.2) is 0 Å². The maximum absolute atomic E-state index is 12.5. The van der Waals surface area contributed by atoms with Crippen LogP contribution >= 0.6 is 0 Å². The van der Waals surface area contributed by atoms with Gasteiger partial charge in [-0.05, 0) is 18.9 Å². The Kier molecular flexibility index (Phi) is 5.74. The van der Waals surface area contributed by atoms with Crippen LogP contribution in [0, 0.1) is 0 Å². The number of nitrogens with zero attached hydrogens (tertiary/aromatic N) is 3. The van der Waals surface area contributed by atoms with Gasteiger partial charge in [-0.2, -0.15) is 0 Å².